The predicted molar refractivity (Wildman–Crippen MR) is 124 cm³/mol. The summed E-state index contributed by atoms with van der Waals surface area (Å²) in [7, 11) is 0. The van der Waals surface area contributed by atoms with Gasteiger partial charge < -0.3 is 25.6 Å². The topological polar surface area (TPSA) is 125 Å². The first kappa shape index (κ1) is 23.0. The van der Waals surface area contributed by atoms with E-state index in [1.54, 1.807) is 30.3 Å². The number of rotatable bonds is 8. The number of aliphatic hydroxyl groups is 1. The first-order valence-electron chi connectivity index (χ1n) is 10.8. The number of aliphatic hydroxyl groups excluding tert-OH is 1. The van der Waals surface area contributed by atoms with Gasteiger partial charge in [0.2, 0.25) is 5.91 Å². The van der Waals surface area contributed by atoms with Crippen molar-refractivity contribution in [3.05, 3.63) is 95.6 Å². The first-order chi connectivity index (χ1) is 16.5. The number of benzene rings is 3. The monoisotopic (exact) mass is 460 g/mol. The zero-order valence-electron chi connectivity index (χ0n) is 18.2. The molecule has 0 fully saturated rings. The molecule has 4 rings (SSSR count). The van der Waals surface area contributed by atoms with Crippen LogP contribution in [0.2, 0.25) is 0 Å². The molecule has 1 aliphatic rings. The van der Waals surface area contributed by atoms with Crippen molar-refractivity contribution in [2.24, 2.45) is 0 Å². The molecule has 34 heavy (non-hydrogen) atoms. The van der Waals surface area contributed by atoms with E-state index in [0.29, 0.717) is 5.56 Å². The number of aliphatic carboxylic acids is 1. The maximum absolute atomic E-state index is 12.8. The summed E-state index contributed by atoms with van der Waals surface area (Å²) in [5.41, 5.74) is 4.74. The second-order valence-corrected chi connectivity index (χ2v) is 7.90. The number of carboxylic acids is 1. The highest BCUT2D eigenvalue weighted by Gasteiger charge is 2.31. The Morgan fingerprint density at radius 1 is 0.824 bits per heavy atom. The van der Waals surface area contributed by atoms with E-state index in [2.05, 4.69) is 10.6 Å². The SMILES string of the molecule is O=C(NC(C(=O)NC(CO)C(=O)O)c1ccccc1)OCC1c2ccccc2-c2ccccc21. The van der Waals surface area contributed by atoms with E-state index in [-0.39, 0.29) is 12.5 Å². The van der Waals surface area contributed by atoms with Gasteiger partial charge in [0.1, 0.15) is 18.7 Å². The summed E-state index contributed by atoms with van der Waals surface area (Å²) in [6, 6.07) is 21.6. The number of alkyl carbamates (subject to hydrolysis) is 1. The summed E-state index contributed by atoms with van der Waals surface area (Å²) < 4.78 is 5.52. The van der Waals surface area contributed by atoms with E-state index in [9.17, 15) is 19.5 Å². The second kappa shape index (κ2) is 10.2. The number of carbonyl (C=O) groups is 3. The van der Waals surface area contributed by atoms with Gasteiger partial charge in [-0.1, -0.05) is 78.9 Å². The van der Waals surface area contributed by atoms with Crippen molar-refractivity contribution in [2.75, 3.05) is 13.2 Å². The van der Waals surface area contributed by atoms with E-state index in [1.807, 2.05) is 48.5 Å². The molecule has 0 aromatic heterocycles. The number of ether oxygens (including phenoxy) is 1. The van der Waals surface area contributed by atoms with Crippen LogP contribution in [-0.2, 0) is 14.3 Å². The first-order valence-corrected chi connectivity index (χ1v) is 10.8. The molecule has 0 spiro atoms. The van der Waals surface area contributed by atoms with Gasteiger partial charge in [0.25, 0.3) is 0 Å². The van der Waals surface area contributed by atoms with Crippen molar-refractivity contribution in [1.82, 2.24) is 10.6 Å². The smallest absolute Gasteiger partial charge is 0.408 e. The van der Waals surface area contributed by atoms with E-state index in [1.165, 1.54) is 0 Å². The van der Waals surface area contributed by atoms with Crippen LogP contribution in [0, 0.1) is 0 Å². The van der Waals surface area contributed by atoms with Crippen LogP contribution in [0.1, 0.15) is 28.7 Å². The Labute approximate surface area is 196 Å². The molecular weight excluding hydrogens is 436 g/mol. The third-order valence-electron chi connectivity index (χ3n) is 5.80. The molecule has 8 nitrogen and oxygen atoms in total. The van der Waals surface area contributed by atoms with Crippen LogP contribution in [-0.4, -0.2) is 47.4 Å². The third-order valence-corrected chi connectivity index (χ3v) is 5.80. The van der Waals surface area contributed by atoms with Gasteiger partial charge in [-0.05, 0) is 27.8 Å². The van der Waals surface area contributed by atoms with Gasteiger partial charge >= 0.3 is 12.1 Å². The van der Waals surface area contributed by atoms with Crippen LogP contribution in [0.4, 0.5) is 4.79 Å². The molecule has 0 heterocycles. The summed E-state index contributed by atoms with van der Waals surface area (Å²) in [4.78, 5) is 36.7. The highest BCUT2D eigenvalue weighted by atomic mass is 16.5. The third kappa shape index (κ3) is 4.77. The summed E-state index contributed by atoms with van der Waals surface area (Å²) in [5, 5.41) is 23.1. The quantitative estimate of drug-likeness (QED) is 0.410. The van der Waals surface area contributed by atoms with E-state index in [0.717, 1.165) is 22.3 Å². The molecule has 2 amide bonds. The summed E-state index contributed by atoms with van der Waals surface area (Å²) in [6.45, 7) is -0.717. The Balaban J connectivity index is 1.48. The van der Waals surface area contributed by atoms with Crippen molar-refractivity contribution >= 4 is 18.0 Å². The van der Waals surface area contributed by atoms with Gasteiger partial charge in [-0.2, -0.15) is 0 Å². The molecule has 0 saturated heterocycles. The molecule has 2 atom stereocenters. The largest absolute Gasteiger partial charge is 0.480 e. The molecular formula is C26H24N2O6. The van der Waals surface area contributed by atoms with E-state index in [4.69, 9.17) is 9.84 Å². The molecule has 0 saturated carbocycles. The lowest BCUT2D eigenvalue weighted by Gasteiger charge is -2.21. The second-order valence-electron chi connectivity index (χ2n) is 7.90. The van der Waals surface area contributed by atoms with Crippen LogP contribution in [0.25, 0.3) is 11.1 Å². The zero-order valence-corrected chi connectivity index (χ0v) is 18.2. The Kier molecular flexibility index (Phi) is 6.89. The number of nitrogens with one attached hydrogen (secondary N) is 2. The molecule has 3 aromatic rings. The number of carboxylic acid groups (broad SMARTS) is 1. The molecule has 8 heteroatoms. The molecule has 2 unspecified atom stereocenters. The van der Waals surface area contributed by atoms with Crippen LogP contribution in [0.3, 0.4) is 0 Å². The minimum Gasteiger partial charge on any atom is -0.480 e. The van der Waals surface area contributed by atoms with Gasteiger partial charge in [0.05, 0.1) is 6.61 Å². The molecule has 4 N–H and O–H groups in total. The molecule has 3 aromatic carbocycles. The summed E-state index contributed by atoms with van der Waals surface area (Å²) >= 11 is 0. The number of hydrogen-bond acceptors (Lipinski definition) is 5. The van der Waals surface area contributed by atoms with Crippen LogP contribution in [0.15, 0.2) is 78.9 Å². The fraction of sp³-hybridized carbons (Fsp3) is 0.192. The van der Waals surface area contributed by atoms with Crippen LogP contribution >= 0.6 is 0 Å². The standard InChI is InChI=1S/C26H24N2O6/c29-14-22(25(31)32)27-24(30)23(16-8-2-1-3-9-16)28-26(33)34-15-21-19-12-6-4-10-17(19)18-11-5-7-13-20(18)21/h1-13,21-23,29H,14-15H2,(H,27,30)(H,28,33)(H,31,32). The number of fused-ring (bicyclic) bond motifs is 3. The van der Waals surface area contributed by atoms with Crippen molar-refractivity contribution in [3.8, 4) is 11.1 Å². The number of carbonyl (C=O) groups excluding carboxylic acids is 2. The Hall–Kier alpha value is -4.17. The lowest BCUT2D eigenvalue weighted by Crippen LogP contribution is -2.49. The van der Waals surface area contributed by atoms with Crippen molar-refractivity contribution in [1.29, 1.82) is 0 Å². The minimum atomic E-state index is -1.50. The van der Waals surface area contributed by atoms with Crippen LogP contribution < -0.4 is 10.6 Å². The highest BCUT2D eigenvalue weighted by Crippen LogP contribution is 2.44. The fourth-order valence-corrected chi connectivity index (χ4v) is 4.14. The summed E-state index contributed by atoms with van der Waals surface area (Å²) in [6.07, 6.45) is -0.818. The molecule has 0 bridgehead atoms. The Morgan fingerprint density at radius 3 is 1.94 bits per heavy atom. The summed E-state index contributed by atoms with van der Waals surface area (Å²) in [5.74, 6) is -2.31. The highest BCUT2D eigenvalue weighted by molar-refractivity contribution is 5.90. The molecule has 0 radical (unpaired) electrons. The van der Waals surface area contributed by atoms with E-state index < -0.39 is 36.7 Å². The van der Waals surface area contributed by atoms with Crippen molar-refractivity contribution < 1.29 is 29.3 Å². The van der Waals surface area contributed by atoms with Crippen molar-refractivity contribution in [2.45, 2.75) is 18.0 Å². The van der Waals surface area contributed by atoms with Gasteiger partial charge in [0.15, 0.2) is 0 Å². The normalized spacial score (nSPS) is 13.8. The van der Waals surface area contributed by atoms with Gasteiger partial charge in [-0.3, -0.25) is 4.79 Å². The number of amides is 2. The zero-order chi connectivity index (χ0) is 24.1. The maximum atomic E-state index is 12.8. The number of hydrogen-bond donors (Lipinski definition) is 4. The fourth-order valence-electron chi connectivity index (χ4n) is 4.14. The van der Waals surface area contributed by atoms with Crippen molar-refractivity contribution in [3.63, 3.8) is 0 Å². The van der Waals surface area contributed by atoms with Gasteiger partial charge in [-0.25, -0.2) is 9.59 Å². The van der Waals surface area contributed by atoms with E-state index >= 15 is 0 Å². The average molecular weight is 460 g/mol. The molecule has 1 aliphatic carbocycles. The van der Waals surface area contributed by atoms with Crippen LogP contribution in [0.5, 0.6) is 0 Å². The lowest BCUT2D eigenvalue weighted by molar-refractivity contribution is -0.143. The van der Waals surface area contributed by atoms with Gasteiger partial charge in [0, 0.05) is 5.92 Å². The Bertz CT molecular complexity index is 1150. The Morgan fingerprint density at radius 2 is 1.38 bits per heavy atom. The molecule has 0 aliphatic heterocycles. The molecule has 174 valence electrons. The lowest BCUT2D eigenvalue weighted by atomic mass is 9.98. The predicted octanol–water partition coefficient (Wildman–Crippen LogP) is 2.83. The maximum Gasteiger partial charge on any atom is 0.408 e. The average Bonchev–Trinajstić information content (AvgIpc) is 3.18. The minimum absolute atomic E-state index is 0.0668. The van der Waals surface area contributed by atoms with Gasteiger partial charge in [-0.15, -0.1) is 0 Å².